The normalized spacial score (nSPS) is 13.0. The van der Waals surface area contributed by atoms with Crippen molar-refractivity contribution in [1.29, 1.82) is 0 Å². The van der Waals surface area contributed by atoms with Gasteiger partial charge in [-0.25, -0.2) is 0 Å². The van der Waals surface area contributed by atoms with Gasteiger partial charge in [-0.15, -0.1) is 0 Å². The van der Waals surface area contributed by atoms with Crippen LogP contribution in [0.2, 0.25) is 0 Å². The maximum Gasteiger partial charge on any atom is 0.306 e. The van der Waals surface area contributed by atoms with Crippen LogP contribution in [0.15, 0.2) is 0 Å². The quantitative estimate of drug-likeness (QED) is 0.0417. The van der Waals surface area contributed by atoms with E-state index in [-0.39, 0.29) is 24.9 Å². The Morgan fingerprint density at radius 2 is 0.656 bits per heavy atom. The zero-order valence-corrected chi connectivity index (χ0v) is 43.7. The van der Waals surface area contributed by atoms with E-state index in [2.05, 4.69) is 26.1 Å². The molecule has 0 heterocycles. The lowest BCUT2D eigenvalue weighted by molar-refractivity contribution is -0.151. The zero-order chi connectivity index (χ0) is 46.7. The third-order valence-electron chi connectivity index (χ3n) is 13.9. The minimum Gasteiger partial charge on any atom is -0.462 e. The average Bonchev–Trinajstić information content (AvgIpc) is 3.29. The predicted octanol–water partition coefficient (Wildman–Crippen LogP) is 17.9. The van der Waals surface area contributed by atoms with Crippen molar-refractivity contribution in [1.82, 2.24) is 5.32 Å². The summed E-state index contributed by atoms with van der Waals surface area (Å²) >= 11 is 0. The van der Waals surface area contributed by atoms with E-state index in [1.54, 1.807) is 0 Å². The van der Waals surface area contributed by atoms with Gasteiger partial charge in [-0.2, -0.15) is 0 Å². The van der Waals surface area contributed by atoms with Crippen molar-refractivity contribution in [2.75, 3.05) is 6.61 Å². The Hall–Kier alpha value is -1.14. The number of ether oxygens (including phenoxy) is 1. The Bertz CT molecular complexity index is 928. The fraction of sp³-hybridized carbons (Fsp3) is 0.966. The van der Waals surface area contributed by atoms with E-state index >= 15 is 0 Å². The summed E-state index contributed by atoms with van der Waals surface area (Å²) in [5.74, 6) is -0.444. The summed E-state index contributed by atoms with van der Waals surface area (Å²) in [6, 6.07) is -0.693. The van der Waals surface area contributed by atoms with Gasteiger partial charge in [0.05, 0.1) is 25.2 Å². The molecule has 3 unspecified atom stereocenters. The first kappa shape index (κ1) is 62.9. The third kappa shape index (κ3) is 47.4. The van der Waals surface area contributed by atoms with Gasteiger partial charge in [0.2, 0.25) is 5.91 Å². The monoisotopic (exact) mass is 906 g/mol. The van der Waals surface area contributed by atoms with Crippen LogP contribution < -0.4 is 5.32 Å². The molecule has 0 fully saturated rings. The van der Waals surface area contributed by atoms with E-state index in [1.165, 1.54) is 250 Å². The summed E-state index contributed by atoms with van der Waals surface area (Å²) in [6.07, 6.45) is 58.8. The summed E-state index contributed by atoms with van der Waals surface area (Å²) in [7, 11) is 0. The van der Waals surface area contributed by atoms with Gasteiger partial charge in [-0.1, -0.05) is 297 Å². The van der Waals surface area contributed by atoms with Crippen molar-refractivity contribution in [3.63, 3.8) is 0 Å². The Labute approximate surface area is 400 Å². The molecule has 0 spiro atoms. The maximum absolute atomic E-state index is 13.3. The fourth-order valence-corrected chi connectivity index (χ4v) is 9.49. The van der Waals surface area contributed by atoms with E-state index in [9.17, 15) is 19.8 Å². The van der Waals surface area contributed by atoms with Crippen molar-refractivity contribution in [2.45, 2.75) is 354 Å². The van der Waals surface area contributed by atoms with Crippen LogP contribution in [0.1, 0.15) is 335 Å². The summed E-state index contributed by atoms with van der Waals surface area (Å²) in [5, 5.41) is 23.9. The van der Waals surface area contributed by atoms with Gasteiger partial charge in [0.25, 0.3) is 0 Å². The first-order chi connectivity index (χ1) is 31.5. The van der Waals surface area contributed by atoms with Crippen molar-refractivity contribution in [3.05, 3.63) is 0 Å². The van der Waals surface area contributed by atoms with E-state index in [0.29, 0.717) is 19.3 Å². The average molecular weight is 907 g/mol. The summed E-state index contributed by atoms with van der Waals surface area (Å²) in [4.78, 5) is 26.3. The first-order valence-corrected chi connectivity index (χ1v) is 29.3. The largest absolute Gasteiger partial charge is 0.462 e. The number of unbranched alkanes of at least 4 members (excludes halogenated alkanes) is 42. The molecule has 0 aromatic heterocycles. The van der Waals surface area contributed by atoms with Gasteiger partial charge in [0.1, 0.15) is 6.10 Å². The number of hydrogen-bond acceptors (Lipinski definition) is 5. The lowest BCUT2D eigenvalue weighted by Gasteiger charge is -2.24. The molecule has 0 aliphatic carbocycles. The molecular formula is C58H115NO5. The summed E-state index contributed by atoms with van der Waals surface area (Å²) < 4.78 is 5.97. The standard InChI is InChI=1S/C58H115NO5/c1-4-7-10-13-16-19-22-25-28-30-32-35-38-41-44-47-50-56(61)55(53-60)59-57(62)52-54(49-46-43-40-37-34-31-29-26-23-20-17-14-11-8-5-2)64-58(63)51-48-45-42-39-36-33-27-24-21-18-15-12-9-6-3/h54-56,60-61H,4-53H2,1-3H3,(H,59,62). The molecule has 64 heavy (non-hydrogen) atoms. The number of hydrogen-bond donors (Lipinski definition) is 3. The number of esters is 1. The van der Waals surface area contributed by atoms with E-state index in [4.69, 9.17) is 4.74 Å². The topological polar surface area (TPSA) is 95.9 Å². The lowest BCUT2D eigenvalue weighted by atomic mass is 10.0. The van der Waals surface area contributed by atoms with Crippen LogP contribution in [0, 0.1) is 0 Å². The highest BCUT2D eigenvalue weighted by atomic mass is 16.5. The van der Waals surface area contributed by atoms with Gasteiger partial charge in [0, 0.05) is 6.42 Å². The number of nitrogens with one attached hydrogen (secondary N) is 1. The van der Waals surface area contributed by atoms with E-state index < -0.39 is 18.2 Å². The molecule has 0 aromatic rings. The zero-order valence-electron chi connectivity index (χ0n) is 43.7. The molecule has 6 nitrogen and oxygen atoms in total. The predicted molar refractivity (Wildman–Crippen MR) is 278 cm³/mol. The van der Waals surface area contributed by atoms with Crippen molar-refractivity contribution in [3.8, 4) is 0 Å². The van der Waals surface area contributed by atoms with Gasteiger partial charge in [0.15, 0.2) is 0 Å². The van der Waals surface area contributed by atoms with Gasteiger partial charge < -0.3 is 20.3 Å². The molecule has 0 bridgehead atoms. The van der Waals surface area contributed by atoms with Crippen molar-refractivity contribution < 1.29 is 24.5 Å². The number of amides is 1. The molecule has 0 radical (unpaired) electrons. The molecule has 0 aliphatic heterocycles. The van der Waals surface area contributed by atoms with Crippen LogP contribution in [0.25, 0.3) is 0 Å². The second-order valence-corrected chi connectivity index (χ2v) is 20.4. The molecule has 3 atom stereocenters. The van der Waals surface area contributed by atoms with Gasteiger partial charge in [-0.3, -0.25) is 9.59 Å². The molecular weight excluding hydrogens is 791 g/mol. The second-order valence-electron chi connectivity index (χ2n) is 20.4. The Morgan fingerprint density at radius 1 is 0.391 bits per heavy atom. The minimum atomic E-state index is -0.780. The number of rotatable bonds is 54. The Kier molecular flexibility index (Phi) is 51.9. The number of carbonyl (C=O) groups excluding carboxylic acids is 2. The number of carbonyl (C=O) groups is 2. The Morgan fingerprint density at radius 3 is 0.953 bits per heavy atom. The first-order valence-electron chi connectivity index (χ1n) is 29.3. The van der Waals surface area contributed by atoms with Crippen LogP contribution in [0.4, 0.5) is 0 Å². The minimum absolute atomic E-state index is 0.0886. The molecule has 382 valence electrons. The highest BCUT2D eigenvalue weighted by molar-refractivity contribution is 5.77. The number of aliphatic hydroxyl groups is 2. The number of aliphatic hydroxyl groups excluding tert-OH is 2. The second kappa shape index (κ2) is 52.8. The summed E-state index contributed by atoms with van der Waals surface area (Å²) in [5.41, 5.74) is 0. The lowest BCUT2D eigenvalue weighted by Crippen LogP contribution is -2.46. The molecule has 0 aromatic carbocycles. The van der Waals surface area contributed by atoms with E-state index in [0.717, 1.165) is 38.5 Å². The molecule has 6 heteroatoms. The molecule has 0 aliphatic rings. The SMILES string of the molecule is CCCCCCCCCCCCCCCCCCC(O)C(CO)NC(=O)CC(CCCCCCCCCCCCCCCCC)OC(=O)CCCCCCCCCCCCCCCC. The van der Waals surface area contributed by atoms with Crippen LogP contribution in [-0.4, -0.2) is 46.9 Å². The van der Waals surface area contributed by atoms with Gasteiger partial charge >= 0.3 is 5.97 Å². The Balaban J connectivity index is 4.47. The van der Waals surface area contributed by atoms with Crippen LogP contribution in [-0.2, 0) is 14.3 Å². The van der Waals surface area contributed by atoms with Gasteiger partial charge in [-0.05, 0) is 25.7 Å². The van der Waals surface area contributed by atoms with E-state index in [1.807, 2.05) is 0 Å². The maximum atomic E-state index is 13.3. The molecule has 1 amide bonds. The van der Waals surface area contributed by atoms with Crippen LogP contribution in [0.3, 0.4) is 0 Å². The summed E-state index contributed by atoms with van der Waals surface area (Å²) in [6.45, 7) is 6.54. The fourth-order valence-electron chi connectivity index (χ4n) is 9.49. The van der Waals surface area contributed by atoms with Crippen LogP contribution >= 0.6 is 0 Å². The highest BCUT2D eigenvalue weighted by Crippen LogP contribution is 2.19. The highest BCUT2D eigenvalue weighted by Gasteiger charge is 2.24. The molecule has 0 rings (SSSR count). The van der Waals surface area contributed by atoms with Crippen LogP contribution in [0.5, 0.6) is 0 Å². The van der Waals surface area contributed by atoms with Crippen molar-refractivity contribution >= 4 is 11.9 Å². The van der Waals surface area contributed by atoms with Crippen molar-refractivity contribution in [2.24, 2.45) is 0 Å². The molecule has 0 saturated carbocycles. The molecule has 3 N–H and O–H groups in total. The molecule has 0 saturated heterocycles. The third-order valence-corrected chi connectivity index (χ3v) is 13.9. The smallest absolute Gasteiger partial charge is 0.306 e.